The third-order valence-electron chi connectivity index (χ3n) is 3.75. The van der Waals surface area contributed by atoms with Gasteiger partial charge in [-0.1, -0.05) is 0 Å². The van der Waals surface area contributed by atoms with Gasteiger partial charge in [-0.15, -0.1) is 0 Å². The molecule has 1 atom stereocenters. The quantitative estimate of drug-likeness (QED) is 0.906. The smallest absolute Gasteiger partial charge is 0.368 e. The van der Waals surface area contributed by atoms with Crippen molar-refractivity contribution in [1.82, 2.24) is 24.7 Å². The van der Waals surface area contributed by atoms with Gasteiger partial charge in [-0.05, 0) is 19.8 Å². The first-order chi connectivity index (χ1) is 10.8. The Morgan fingerprint density at radius 3 is 2.61 bits per heavy atom. The van der Waals surface area contributed by atoms with Gasteiger partial charge in [-0.2, -0.15) is 23.3 Å². The maximum absolute atomic E-state index is 12.9. The van der Waals surface area contributed by atoms with Crippen LogP contribution in [0.4, 0.5) is 24.9 Å². The van der Waals surface area contributed by atoms with Crippen molar-refractivity contribution in [2.75, 3.05) is 17.2 Å². The maximum atomic E-state index is 12.9. The summed E-state index contributed by atoms with van der Waals surface area (Å²) in [5.41, 5.74) is 5.96. The number of nitrogens with two attached hydrogens (primary N) is 1. The Labute approximate surface area is 130 Å². The first-order valence-corrected chi connectivity index (χ1v) is 7.11. The van der Waals surface area contributed by atoms with Gasteiger partial charge in [0, 0.05) is 25.4 Å². The average Bonchev–Trinajstić information content (AvgIpc) is 3.05. The fraction of sp³-hybridized carbons (Fsp3) is 0.538. The molecule has 0 aliphatic carbocycles. The lowest BCUT2D eigenvalue weighted by Gasteiger charge is -2.24. The number of nitrogens with zero attached hydrogens (tertiary/aromatic N) is 6. The molecular formula is C13H16F3N7. The largest absolute Gasteiger partial charge is 0.451 e. The van der Waals surface area contributed by atoms with Crippen LogP contribution in [0.3, 0.4) is 0 Å². The third kappa shape index (κ3) is 2.92. The summed E-state index contributed by atoms with van der Waals surface area (Å²) in [6, 6.07) is 1.30. The van der Waals surface area contributed by atoms with Crippen LogP contribution in [0.25, 0.3) is 0 Å². The number of aryl methyl sites for hydroxylation is 2. The number of rotatable bonds is 2. The molecule has 1 fully saturated rings. The molecule has 0 amide bonds. The van der Waals surface area contributed by atoms with E-state index in [2.05, 4.69) is 20.1 Å². The standard InChI is InChI=1S/C13H16F3N7/c1-7-6-9(19-11(18-7)13(14,15)16)23-5-3-4-8(23)10-20-12(17)22(2)21-10/h6,8H,3-5H2,1-2H3,(H2,17,20,21)/t8-/m0/s1. The number of aromatic nitrogens is 5. The van der Waals surface area contributed by atoms with Crippen LogP contribution in [0, 0.1) is 6.92 Å². The molecule has 0 unspecified atom stereocenters. The van der Waals surface area contributed by atoms with Crippen molar-refractivity contribution >= 4 is 11.8 Å². The van der Waals surface area contributed by atoms with Gasteiger partial charge >= 0.3 is 6.18 Å². The Bertz CT molecular complexity index is 705. The first kappa shape index (κ1) is 15.5. The highest BCUT2D eigenvalue weighted by molar-refractivity contribution is 5.44. The number of halogens is 3. The predicted octanol–water partition coefficient (Wildman–Crippen LogP) is 1.86. The van der Waals surface area contributed by atoms with Gasteiger partial charge in [-0.3, -0.25) is 0 Å². The molecular weight excluding hydrogens is 311 g/mol. The van der Waals surface area contributed by atoms with E-state index in [0.717, 1.165) is 12.8 Å². The van der Waals surface area contributed by atoms with Gasteiger partial charge < -0.3 is 10.6 Å². The summed E-state index contributed by atoms with van der Waals surface area (Å²) in [5, 5.41) is 4.23. The maximum Gasteiger partial charge on any atom is 0.451 e. The van der Waals surface area contributed by atoms with Gasteiger partial charge in [0.25, 0.3) is 0 Å². The van der Waals surface area contributed by atoms with E-state index in [4.69, 9.17) is 5.73 Å². The van der Waals surface area contributed by atoms with Crippen molar-refractivity contribution < 1.29 is 13.2 Å². The molecule has 2 aromatic rings. The van der Waals surface area contributed by atoms with Gasteiger partial charge in [0.2, 0.25) is 11.8 Å². The molecule has 1 aliphatic heterocycles. The van der Waals surface area contributed by atoms with E-state index in [1.807, 2.05) is 0 Å². The van der Waals surface area contributed by atoms with Crippen molar-refractivity contribution in [2.24, 2.45) is 7.05 Å². The normalized spacial score (nSPS) is 18.7. The topological polar surface area (TPSA) is 85.8 Å². The van der Waals surface area contributed by atoms with E-state index in [9.17, 15) is 13.2 Å². The lowest BCUT2D eigenvalue weighted by atomic mass is 10.2. The summed E-state index contributed by atoms with van der Waals surface area (Å²) >= 11 is 0. The number of hydrogen-bond acceptors (Lipinski definition) is 6. The molecule has 7 nitrogen and oxygen atoms in total. The van der Waals surface area contributed by atoms with Gasteiger partial charge in [0.05, 0.1) is 6.04 Å². The molecule has 3 rings (SSSR count). The lowest BCUT2D eigenvalue weighted by molar-refractivity contribution is -0.145. The molecule has 1 aliphatic rings. The fourth-order valence-electron chi connectivity index (χ4n) is 2.69. The van der Waals surface area contributed by atoms with E-state index in [1.165, 1.54) is 11.6 Å². The highest BCUT2D eigenvalue weighted by Crippen LogP contribution is 2.35. The van der Waals surface area contributed by atoms with Crippen LogP contribution >= 0.6 is 0 Å². The molecule has 124 valence electrons. The van der Waals surface area contributed by atoms with Crippen LogP contribution in [0.15, 0.2) is 6.07 Å². The van der Waals surface area contributed by atoms with Gasteiger partial charge in [0.15, 0.2) is 5.82 Å². The molecule has 2 N–H and O–H groups in total. The number of anilines is 2. The molecule has 0 radical (unpaired) electrons. The number of alkyl halides is 3. The van der Waals surface area contributed by atoms with E-state index in [0.29, 0.717) is 12.4 Å². The fourth-order valence-corrected chi connectivity index (χ4v) is 2.69. The van der Waals surface area contributed by atoms with Crippen molar-refractivity contribution in [1.29, 1.82) is 0 Å². The molecule has 0 aromatic carbocycles. The molecule has 1 saturated heterocycles. The monoisotopic (exact) mass is 327 g/mol. The van der Waals surface area contributed by atoms with Crippen molar-refractivity contribution in [3.63, 3.8) is 0 Å². The first-order valence-electron chi connectivity index (χ1n) is 7.11. The summed E-state index contributed by atoms with van der Waals surface area (Å²) in [4.78, 5) is 13.1. The van der Waals surface area contributed by atoms with Crippen LogP contribution in [0.5, 0.6) is 0 Å². The lowest BCUT2D eigenvalue weighted by Crippen LogP contribution is -2.26. The van der Waals surface area contributed by atoms with Crippen LogP contribution in [-0.4, -0.2) is 31.3 Å². The van der Waals surface area contributed by atoms with Crippen molar-refractivity contribution in [3.05, 3.63) is 23.4 Å². The van der Waals surface area contributed by atoms with Crippen LogP contribution < -0.4 is 10.6 Å². The summed E-state index contributed by atoms with van der Waals surface area (Å²) in [6.45, 7) is 2.10. The molecule has 0 spiro atoms. The molecule has 10 heteroatoms. The predicted molar refractivity (Wildman–Crippen MR) is 76.5 cm³/mol. The average molecular weight is 327 g/mol. The Morgan fingerprint density at radius 1 is 1.26 bits per heavy atom. The molecule has 23 heavy (non-hydrogen) atoms. The zero-order valence-corrected chi connectivity index (χ0v) is 12.7. The summed E-state index contributed by atoms with van der Waals surface area (Å²) in [7, 11) is 1.67. The second-order valence-electron chi connectivity index (χ2n) is 5.49. The van der Waals surface area contributed by atoms with Crippen molar-refractivity contribution in [3.8, 4) is 0 Å². The molecule has 0 bridgehead atoms. The van der Waals surface area contributed by atoms with E-state index < -0.39 is 12.0 Å². The Balaban J connectivity index is 1.98. The second-order valence-corrected chi connectivity index (χ2v) is 5.49. The Kier molecular flexibility index (Phi) is 3.61. The highest BCUT2D eigenvalue weighted by atomic mass is 19.4. The number of nitrogen functional groups attached to an aromatic ring is 1. The zero-order chi connectivity index (χ0) is 16.8. The van der Waals surface area contributed by atoms with Crippen LogP contribution in [0.1, 0.15) is 36.2 Å². The van der Waals surface area contributed by atoms with Crippen molar-refractivity contribution in [2.45, 2.75) is 32.0 Å². The third-order valence-corrected chi connectivity index (χ3v) is 3.75. The minimum absolute atomic E-state index is 0.235. The Hall–Kier alpha value is -2.39. The minimum Gasteiger partial charge on any atom is -0.368 e. The zero-order valence-electron chi connectivity index (χ0n) is 12.7. The minimum atomic E-state index is -4.58. The molecule has 2 aromatic heterocycles. The molecule has 3 heterocycles. The summed E-state index contributed by atoms with van der Waals surface area (Å²) in [6.07, 6.45) is -3.04. The SMILES string of the molecule is Cc1cc(N2CCC[C@H]2c2nc(N)n(C)n2)nc(C(F)(F)F)n1. The summed E-state index contributed by atoms with van der Waals surface area (Å²) < 4.78 is 40.2. The number of hydrogen-bond donors (Lipinski definition) is 1. The van der Waals surface area contributed by atoms with Crippen LogP contribution in [-0.2, 0) is 13.2 Å². The van der Waals surface area contributed by atoms with Gasteiger partial charge in [-0.25, -0.2) is 14.6 Å². The van der Waals surface area contributed by atoms with E-state index >= 15 is 0 Å². The highest BCUT2D eigenvalue weighted by Gasteiger charge is 2.37. The second kappa shape index (κ2) is 5.36. The van der Waals surface area contributed by atoms with Gasteiger partial charge in [0.1, 0.15) is 5.82 Å². The van der Waals surface area contributed by atoms with E-state index in [-0.39, 0.29) is 23.5 Å². The molecule has 0 saturated carbocycles. The van der Waals surface area contributed by atoms with E-state index in [1.54, 1.807) is 18.0 Å². The Morgan fingerprint density at radius 2 is 2.00 bits per heavy atom. The van der Waals surface area contributed by atoms with Crippen LogP contribution in [0.2, 0.25) is 0 Å². The summed E-state index contributed by atoms with van der Waals surface area (Å²) in [5.74, 6) is -0.140.